The number of hydrogen-bond acceptors (Lipinski definition) is 3. The molecule has 0 fully saturated rings. The standard InChI is InChI=1S/C14H15BrFN3/c1-9-7-12(16)4-3-11(9)5-6-17-14-8-13(15)18-10(2)19-14/h3-4,7-8H,5-6H2,1-2H3,(H,17,18,19). The molecular formula is C14H15BrFN3. The lowest BCUT2D eigenvalue weighted by atomic mass is 10.1. The van der Waals surface area contributed by atoms with E-state index in [0.29, 0.717) is 0 Å². The molecule has 0 aliphatic heterocycles. The summed E-state index contributed by atoms with van der Waals surface area (Å²) in [5, 5.41) is 3.24. The van der Waals surface area contributed by atoms with Crippen molar-refractivity contribution in [2.75, 3.05) is 11.9 Å². The molecule has 0 aliphatic carbocycles. The monoisotopic (exact) mass is 323 g/mol. The molecule has 0 bridgehead atoms. The van der Waals surface area contributed by atoms with Crippen LogP contribution in [0.3, 0.4) is 0 Å². The number of aryl methyl sites for hydroxylation is 2. The third kappa shape index (κ3) is 3.99. The largest absolute Gasteiger partial charge is 0.370 e. The molecule has 1 N–H and O–H groups in total. The zero-order chi connectivity index (χ0) is 13.8. The van der Waals surface area contributed by atoms with Gasteiger partial charge in [-0.2, -0.15) is 0 Å². The van der Waals surface area contributed by atoms with Gasteiger partial charge in [0.2, 0.25) is 0 Å². The first-order valence-electron chi connectivity index (χ1n) is 6.04. The molecule has 19 heavy (non-hydrogen) atoms. The Hall–Kier alpha value is -1.49. The highest BCUT2D eigenvalue weighted by Crippen LogP contribution is 2.13. The average molecular weight is 324 g/mol. The maximum atomic E-state index is 13.0. The highest BCUT2D eigenvalue weighted by molar-refractivity contribution is 9.10. The topological polar surface area (TPSA) is 37.8 Å². The summed E-state index contributed by atoms with van der Waals surface area (Å²) >= 11 is 3.34. The molecule has 0 aliphatic rings. The number of hydrogen-bond donors (Lipinski definition) is 1. The Bertz CT molecular complexity index is 567. The zero-order valence-electron chi connectivity index (χ0n) is 10.9. The normalized spacial score (nSPS) is 10.5. The van der Waals surface area contributed by atoms with E-state index in [2.05, 4.69) is 31.2 Å². The van der Waals surface area contributed by atoms with Crippen LogP contribution in [0.4, 0.5) is 10.2 Å². The van der Waals surface area contributed by atoms with E-state index >= 15 is 0 Å². The third-order valence-corrected chi connectivity index (χ3v) is 3.22. The average Bonchev–Trinajstić information content (AvgIpc) is 2.30. The van der Waals surface area contributed by atoms with Gasteiger partial charge < -0.3 is 5.32 Å². The van der Waals surface area contributed by atoms with Gasteiger partial charge in [-0.15, -0.1) is 0 Å². The Kier molecular flexibility index (Phi) is 4.47. The van der Waals surface area contributed by atoms with Gasteiger partial charge in [-0.3, -0.25) is 0 Å². The predicted molar refractivity (Wildman–Crippen MR) is 77.8 cm³/mol. The van der Waals surface area contributed by atoms with Crippen LogP contribution in [0, 0.1) is 19.7 Å². The van der Waals surface area contributed by atoms with Gasteiger partial charge in [-0.1, -0.05) is 6.07 Å². The van der Waals surface area contributed by atoms with E-state index in [4.69, 9.17) is 0 Å². The Morgan fingerprint density at radius 2 is 2.00 bits per heavy atom. The van der Waals surface area contributed by atoms with Crippen molar-refractivity contribution in [3.63, 3.8) is 0 Å². The minimum Gasteiger partial charge on any atom is -0.370 e. The first kappa shape index (κ1) is 13.9. The first-order valence-corrected chi connectivity index (χ1v) is 6.84. The summed E-state index contributed by atoms with van der Waals surface area (Å²) in [6, 6.07) is 6.71. The van der Waals surface area contributed by atoms with Crippen LogP contribution in [0.1, 0.15) is 17.0 Å². The third-order valence-electron chi connectivity index (χ3n) is 2.81. The number of anilines is 1. The fourth-order valence-electron chi connectivity index (χ4n) is 1.89. The molecule has 0 saturated heterocycles. The minimum atomic E-state index is -0.190. The number of rotatable bonds is 4. The van der Waals surface area contributed by atoms with Crippen LogP contribution in [-0.4, -0.2) is 16.5 Å². The fourth-order valence-corrected chi connectivity index (χ4v) is 2.36. The van der Waals surface area contributed by atoms with Gasteiger partial charge in [0.25, 0.3) is 0 Å². The zero-order valence-corrected chi connectivity index (χ0v) is 12.5. The summed E-state index contributed by atoms with van der Waals surface area (Å²) < 4.78 is 13.8. The van der Waals surface area contributed by atoms with Crippen molar-refractivity contribution in [3.05, 3.63) is 51.6 Å². The highest BCUT2D eigenvalue weighted by atomic mass is 79.9. The highest BCUT2D eigenvalue weighted by Gasteiger charge is 2.02. The predicted octanol–water partition coefficient (Wildman–Crippen LogP) is 3.65. The maximum absolute atomic E-state index is 13.0. The quantitative estimate of drug-likeness (QED) is 0.873. The molecule has 1 aromatic carbocycles. The van der Waals surface area contributed by atoms with E-state index in [9.17, 15) is 4.39 Å². The molecule has 5 heteroatoms. The van der Waals surface area contributed by atoms with E-state index in [0.717, 1.165) is 40.3 Å². The van der Waals surface area contributed by atoms with Gasteiger partial charge in [0.1, 0.15) is 22.1 Å². The minimum absolute atomic E-state index is 0.190. The van der Waals surface area contributed by atoms with E-state index in [1.54, 1.807) is 6.07 Å². The first-order chi connectivity index (χ1) is 9.04. The number of halogens is 2. The van der Waals surface area contributed by atoms with Crippen molar-refractivity contribution in [3.8, 4) is 0 Å². The Morgan fingerprint density at radius 3 is 2.68 bits per heavy atom. The number of benzene rings is 1. The van der Waals surface area contributed by atoms with Crippen LogP contribution in [0.5, 0.6) is 0 Å². The second kappa shape index (κ2) is 6.10. The molecule has 0 unspecified atom stereocenters. The summed E-state index contributed by atoms with van der Waals surface area (Å²) in [7, 11) is 0. The summed E-state index contributed by atoms with van der Waals surface area (Å²) in [4.78, 5) is 8.44. The molecule has 0 spiro atoms. The van der Waals surface area contributed by atoms with Crippen molar-refractivity contribution in [2.24, 2.45) is 0 Å². The molecular weight excluding hydrogens is 309 g/mol. The molecule has 3 nitrogen and oxygen atoms in total. The van der Waals surface area contributed by atoms with Gasteiger partial charge in [0.15, 0.2) is 0 Å². The fraction of sp³-hybridized carbons (Fsp3) is 0.286. The smallest absolute Gasteiger partial charge is 0.130 e. The molecule has 2 rings (SSSR count). The van der Waals surface area contributed by atoms with Crippen LogP contribution >= 0.6 is 15.9 Å². The second-order valence-electron chi connectivity index (χ2n) is 4.37. The summed E-state index contributed by atoms with van der Waals surface area (Å²) in [6.07, 6.45) is 0.826. The van der Waals surface area contributed by atoms with Crippen molar-refractivity contribution >= 4 is 21.7 Å². The lowest BCUT2D eigenvalue weighted by Gasteiger charge is -2.08. The van der Waals surface area contributed by atoms with Crippen LogP contribution in [-0.2, 0) is 6.42 Å². The lowest BCUT2D eigenvalue weighted by molar-refractivity contribution is 0.625. The van der Waals surface area contributed by atoms with Crippen LogP contribution in [0.2, 0.25) is 0 Å². The molecule has 1 aromatic heterocycles. The SMILES string of the molecule is Cc1nc(Br)cc(NCCc2ccc(F)cc2C)n1. The molecule has 1 heterocycles. The van der Waals surface area contributed by atoms with Gasteiger partial charge >= 0.3 is 0 Å². The lowest BCUT2D eigenvalue weighted by Crippen LogP contribution is -2.08. The second-order valence-corrected chi connectivity index (χ2v) is 5.18. The molecule has 0 amide bonds. The van der Waals surface area contributed by atoms with Crippen LogP contribution in [0.15, 0.2) is 28.9 Å². The number of aromatic nitrogens is 2. The summed E-state index contributed by atoms with van der Waals surface area (Å²) in [5.74, 6) is 1.32. The van der Waals surface area contributed by atoms with Gasteiger partial charge in [-0.05, 0) is 59.5 Å². The van der Waals surface area contributed by atoms with E-state index in [1.807, 2.05) is 26.0 Å². The molecule has 0 radical (unpaired) electrons. The Morgan fingerprint density at radius 1 is 1.21 bits per heavy atom. The van der Waals surface area contributed by atoms with Gasteiger partial charge in [0.05, 0.1) is 0 Å². The number of nitrogens with zero attached hydrogens (tertiary/aromatic N) is 2. The Balaban J connectivity index is 1.96. The molecule has 2 aromatic rings. The maximum Gasteiger partial charge on any atom is 0.130 e. The van der Waals surface area contributed by atoms with Crippen molar-refractivity contribution in [1.82, 2.24) is 9.97 Å². The molecule has 0 atom stereocenters. The summed E-state index contributed by atoms with van der Waals surface area (Å²) in [5.41, 5.74) is 2.11. The van der Waals surface area contributed by atoms with Crippen LogP contribution < -0.4 is 5.32 Å². The van der Waals surface area contributed by atoms with E-state index < -0.39 is 0 Å². The van der Waals surface area contributed by atoms with Crippen molar-refractivity contribution in [2.45, 2.75) is 20.3 Å². The summed E-state index contributed by atoms with van der Waals surface area (Å²) in [6.45, 7) is 4.51. The van der Waals surface area contributed by atoms with Gasteiger partial charge in [0, 0.05) is 12.6 Å². The molecule has 0 saturated carbocycles. The molecule has 100 valence electrons. The number of nitrogens with one attached hydrogen (secondary N) is 1. The van der Waals surface area contributed by atoms with E-state index in [1.165, 1.54) is 6.07 Å². The Labute approximate surface area is 120 Å². The van der Waals surface area contributed by atoms with Crippen LogP contribution in [0.25, 0.3) is 0 Å². The van der Waals surface area contributed by atoms with E-state index in [-0.39, 0.29) is 5.82 Å². The van der Waals surface area contributed by atoms with Crippen molar-refractivity contribution < 1.29 is 4.39 Å². The van der Waals surface area contributed by atoms with Crippen molar-refractivity contribution in [1.29, 1.82) is 0 Å². The van der Waals surface area contributed by atoms with Gasteiger partial charge in [-0.25, -0.2) is 14.4 Å².